The van der Waals surface area contributed by atoms with E-state index in [1.807, 2.05) is 6.07 Å². The first kappa shape index (κ1) is 8.59. The number of rotatable bonds is 1. The molecule has 0 saturated carbocycles. The summed E-state index contributed by atoms with van der Waals surface area (Å²) in [4.78, 5) is 11.4. The van der Waals surface area contributed by atoms with E-state index in [-0.39, 0.29) is 5.78 Å². The topological polar surface area (TPSA) is 57.2 Å². The van der Waals surface area contributed by atoms with Gasteiger partial charge in [0.2, 0.25) is 0 Å². The van der Waals surface area contributed by atoms with Gasteiger partial charge in [-0.15, -0.1) is 0 Å². The first-order valence-electron chi connectivity index (χ1n) is 3.90. The molecule has 13 heavy (non-hydrogen) atoms. The summed E-state index contributed by atoms with van der Waals surface area (Å²) in [6, 6.07) is 7.01. The van der Waals surface area contributed by atoms with Gasteiger partial charge < -0.3 is 4.55 Å². The molecule has 0 radical (unpaired) electrons. The zero-order valence-electron chi connectivity index (χ0n) is 6.73. The van der Waals surface area contributed by atoms with Gasteiger partial charge in [-0.1, -0.05) is 24.3 Å². The number of ketones is 1. The van der Waals surface area contributed by atoms with Gasteiger partial charge in [0.1, 0.15) is 0 Å². The number of benzene rings is 1. The van der Waals surface area contributed by atoms with Crippen LogP contribution in [0.25, 0.3) is 0 Å². The highest BCUT2D eigenvalue weighted by molar-refractivity contribution is 7.80. The van der Waals surface area contributed by atoms with Gasteiger partial charge in [0.25, 0.3) is 0 Å². The zero-order valence-corrected chi connectivity index (χ0v) is 7.54. The van der Waals surface area contributed by atoms with Gasteiger partial charge in [-0.05, 0) is 23.1 Å². The lowest BCUT2D eigenvalue weighted by atomic mass is 10.1. The summed E-state index contributed by atoms with van der Waals surface area (Å²) in [6.07, 6.45) is 0.325. The minimum atomic E-state index is -2.30. The average molecular weight is 195 g/mol. The second-order valence-corrected chi connectivity index (χ2v) is 4.06. The molecule has 0 N–H and O–H groups in total. The molecule has 2 unspecified atom stereocenters. The molecule has 0 fully saturated rings. The third-order valence-corrected chi connectivity index (χ3v) is 3.06. The minimum Gasteiger partial charge on any atom is -0.772 e. The van der Waals surface area contributed by atoms with E-state index in [2.05, 4.69) is 0 Å². The van der Waals surface area contributed by atoms with Crippen molar-refractivity contribution >= 4 is 16.9 Å². The lowest BCUT2D eigenvalue weighted by Gasteiger charge is -2.10. The molecule has 0 spiro atoms. The summed E-state index contributed by atoms with van der Waals surface area (Å²) in [7, 11) is 0. The number of carbonyl (C=O) groups is 1. The Bertz CT molecular complexity index is 386. The fraction of sp³-hybridized carbons (Fsp3) is 0.222. The van der Waals surface area contributed by atoms with Crippen LogP contribution in [-0.4, -0.2) is 19.8 Å². The van der Waals surface area contributed by atoms with Crippen LogP contribution in [0.2, 0.25) is 0 Å². The normalized spacial score (nSPS) is 22.8. The van der Waals surface area contributed by atoms with Crippen molar-refractivity contribution in [1.29, 1.82) is 0 Å². The van der Waals surface area contributed by atoms with Gasteiger partial charge in [-0.25, -0.2) is 0 Å². The maximum atomic E-state index is 11.4. The van der Waals surface area contributed by atoms with Crippen LogP contribution in [-0.2, 0) is 17.5 Å². The third kappa shape index (κ3) is 1.32. The molecule has 2 rings (SSSR count). The minimum absolute atomic E-state index is 0.274. The molecule has 1 aromatic rings. The van der Waals surface area contributed by atoms with Gasteiger partial charge in [0.15, 0.2) is 5.78 Å². The van der Waals surface area contributed by atoms with Crippen molar-refractivity contribution in [2.75, 3.05) is 0 Å². The molecule has 1 aliphatic rings. The van der Waals surface area contributed by atoms with Gasteiger partial charge in [0, 0.05) is 5.56 Å². The second kappa shape index (κ2) is 3.05. The van der Waals surface area contributed by atoms with Crippen LogP contribution in [0, 0.1) is 0 Å². The summed E-state index contributed by atoms with van der Waals surface area (Å²) in [5.74, 6) is -0.274. The van der Waals surface area contributed by atoms with Gasteiger partial charge in [-0.2, -0.15) is 0 Å². The molecule has 1 aromatic carbocycles. The van der Waals surface area contributed by atoms with E-state index in [9.17, 15) is 13.6 Å². The van der Waals surface area contributed by atoms with E-state index in [4.69, 9.17) is 0 Å². The predicted octanol–water partition coefficient (Wildman–Crippen LogP) is 0.673. The molecule has 68 valence electrons. The van der Waals surface area contributed by atoms with Gasteiger partial charge in [0.05, 0.1) is 5.25 Å². The molecular formula is C9H7O3S-. The fourth-order valence-electron chi connectivity index (χ4n) is 1.56. The van der Waals surface area contributed by atoms with Crippen LogP contribution in [0.5, 0.6) is 0 Å². The number of Topliss-reactive ketones (excluding diaryl/α,β-unsaturated/α-hetero) is 1. The van der Waals surface area contributed by atoms with Crippen molar-refractivity contribution in [3.63, 3.8) is 0 Å². The summed E-state index contributed by atoms with van der Waals surface area (Å²) >= 11 is -2.30. The van der Waals surface area contributed by atoms with Crippen LogP contribution < -0.4 is 0 Å². The number of fused-ring (bicyclic) bond motifs is 1. The number of carbonyl (C=O) groups excluding carboxylic acids is 1. The smallest absolute Gasteiger partial charge is 0.177 e. The van der Waals surface area contributed by atoms with Crippen molar-refractivity contribution in [1.82, 2.24) is 0 Å². The highest BCUT2D eigenvalue weighted by atomic mass is 32.2. The van der Waals surface area contributed by atoms with Crippen molar-refractivity contribution in [2.24, 2.45) is 0 Å². The summed E-state index contributed by atoms with van der Waals surface area (Å²) in [5.41, 5.74) is 1.39. The Morgan fingerprint density at radius 3 is 2.69 bits per heavy atom. The Labute approximate surface area is 78.1 Å². The lowest BCUT2D eigenvalue weighted by Crippen LogP contribution is -2.21. The Hall–Kier alpha value is -1.00. The SMILES string of the molecule is O=C1c2ccccc2CC1S(=O)[O-]. The highest BCUT2D eigenvalue weighted by Crippen LogP contribution is 2.24. The first-order valence-corrected chi connectivity index (χ1v) is 5.04. The quantitative estimate of drug-likeness (QED) is 0.619. The van der Waals surface area contributed by atoms with Crippen molar-refractivity contribution < 1.29 is 13.6 Å². The van der Waals surface area contributed by atoms with Crippen LogP contribution in [0.3, 0.4) is 0 Å². The van der Waals surface area contributed by atoms with E-state index in [0.717, 1.165) is 5.56 Å². The fourth-order valence-corrected chi connectivity index (χ4v) is 2.18. The van der Waals surface area contributed by atoms with Crippen LogP contribution in [0.15, 0.2) is 24.3 Å². The Kier molecular flexibility index (Phi) is 2.01. The summed E-state index contributed by atoms with van der Waals surface area (Å²) in [5, 5.41) is -0.864. The molecular weight excluding hydrogens is 188 g/mol. The predicted molar refractivity (Wildman–Crippen MR) is 47.2 cm³/mol. The molecule has 0 saturated heterocycles. The van der Waals surface area contributed by atoms with Crippen molar-refractivity contribution in [2.45, 2.75) is 11.7 Å². The Balaban J connectivity index is 2.44. The third-order valence-electron chi connectivity index (χ3n) is 2.21. The molecule has 0 aliphatic heterocycles. The molecule has 0 aromatic heterocycles. The molecule has 1 aliphatic carbocycles. The van der Waals surface area contributed by atoms with Gasteiger partial charge in [-0.3, -0.25) is 9.00 Å². The number of hydrogen-bond donors (Lipinski definition) is 0. The average Bonchev–Trinajstić information content (AvgIpc) is 2.45. The number of hydrogen-bond acceptors (Lipinski definition) is 3. The first-order chi connectivity index (χ1) is 6.20. The van der Waals surface area contributed by atoms with Gasteiger partial charge >= 0.3 is 0 Å². The van der Waals surface area contributed by atoms with E-state index in [1.165, 1.54) is 0 Å². The zero-order chi connectivity index (χ0) is 9.42. The van der Waals surface area contributed by atoms with Crippen LogP contribution >= 0.6 is 0 Å². The largest absolute Gasteiger partial charge is 0.772 e. The monoisotopic (exact) mass is 195 g/mol. The van der Waals surface area contributed by atoms with E-state index in [0.29, 0.717) is 12.0 Å². The van der Waals surface area contributed by atoms with Crippen molar-refractivity contribution in [3.8, 4) is 0 Å². The standard InChI is InChI=1S/C9H8O3S/c10-9-7-4-2-1-3-6(7)5-8(9)13(11)12/h1-4,8H,5H2,(H,11,12)/p-1. The highest BCUT2D eigenvalue weighted by Gasteiger charge is 2.30. The van der Waals surface area contributed by atoms with Crippen molar-refractivity contribution in [3.05, 3.63) is 35.4 Å². The van der Waals surface area contributed by atoms with E-state index < -0.39 is 16.3 Å². The summed E-state index contributed by atoms with van der Waals surface area (Å²) in [6.45, 7) is 0. The van der Waals surface area contributed by atoms with E-state index in [1.54, 1.807) is 18.2 Å². The maximum absolute atomic E-state index is 11.4. The second-order valence-electron chi connectivity index (χ2n) is 2.97. The molecule has 2 atom stereocenters. The molecule has 0 bridgehead atoms. The van der Waals surface area contributed by atoms with Crippen LogP contribution in [0.4, 0.5) is 0 Å². The lowest BCUT2D eigenvalue weighted by molar-refractivity contribution is 0.0997. The van der Waals surface area contributed by atoms with Crippen LogP contribution in [0.1, 0.15) is 15.9 Å². The van der Waals surface area contributed by atoms with E-state index >= 15 is 0 Å². The molecule has 0 heterocycles. The maximum Gasteiger partial charge on any atom is 0.177 e. The summed E-state index contributed by atoms with van der Waals surface area (Å²) < 4.78 is 21.3. The Morgan fingerprint density at radius 1 is 1.38 bits per heavy atom. The Morgan fingerprint density at radius 2 is 2.08 bits per heavy atom. The molecule has 4 heteroatoms. The molecule has 0 amide bonds. The molecule has 3 nitrogen and oxygen atoms in total.